The standard InChI is InChI=1S/C25H25Cl2NO6S.ClH/c1-16(28-14-23(29)18-3-2-4-19(26)12-18)11-17-5-7-20(8-6-17)35(32,33)21-9-10-24(22(27)13-21)34-15-25(30)31;/h2-10,12-13,16,23,28-29H,11,14-15H2,1H3,(H,30,31);1H/t16-,23-;/m1./s1. The summed E-state index contributed by atoms with van der Waals surface area (Å²) in [7, 11) is -3.83. The summed E-state index contributed by atoms with van der Waals surface area (Å²) < 4.78 is 31.0. The SMILES string of the molecule is C[C@H](Cc1ccc(S(=O)(=O)c2ccc(OCC(=O)O)c(Cl)c2)cc1)NC[C@@H](O)c1cccc(Cl)c1.Cl. The molecule has 3 N–H and O–H groups in total. The first kappa shape index (κ1) is 29.9. The summed E-state index contributed by atoms with van der Waals surface area (Å²) in [4.78, 5) is 10.7. The van der Waals surface area contributed by atoms with Gasteiger partial charge in [0.15, 0.2) is 6.61 Å². The van der Waals surface area contributed by atoms with E-state index in [2.05, 4.69) is 5.32 Å². The quantitative estimate of drug-likeness (QED) is 0.296. The Hall–Kier alpha value is -2.33. The summed E-state index contributed by atoms with van der Waals surface area (Å²) in [5.41, 5.74) is 1.66. The van der Waals surface area contributed by atoms with Crippen LogP contribution in [0.25, 0.3) is 0 Å². The van der Waals surface area contributed by atoms with Crippen LogP contribution in [0.1, 0.15) is 24.2 Å². The lowest BCUT2D eigenvalue weighted by molar-refractivity contribution is -0.139. The molecule has 3 rings (SSSR count). The molecule has 0 aliphatic heterocycles. The molecule has 0 spiro atoms. The predicted octanol–water partition coefficient (Wildman–Crippen LogP) is 4.97. The minimum absolute atomic E-state index is 0. The third-order valence-corrected chi connectivity index (χ3v) is 7.53. The predicted molar refractivity (Wildman–Crippen MR) is 141 cm³/mol. The maximum absolute atomic E-state index is 13.0. The van der Waals surface area contributed by atoms with Crippen molar-refractivity contribution in [1.29, 1.82) is 0 Å². The molecular weight excluding hydrogens is 549 g/mol. The van der Waals surface area contributed by atoms with Crippen LogP contribution in [0, 0.1) is 0 Å². The summed E-state index contributed by atoms with van der Waals surface area (Å²) in [6.07, 6.45) is -0.0688. The molecule has 0 aliphatic rings. The number of carboxylic acid groups (broad SMARTS) is 1. The van der Waals surface area contributed by atoms with Gasteiger partial charge in [-0.1, -0.05) is 47.5 Å². The van der Waals surface area contributed by atoms with Crippen molar-refractivity contribution in [2.75, 3.05) is 13.2 Å². The van der Waals surface area contributed by atoms with Crippen LogP contribution in [0.15, 0.2) is 76.5 Å². The van der Waals surface area contributed by atoms with Crippen molar-refractivity contribution in [2.24, 2.45) is 0 Å². The highest BCUT2D eigenvalue weighted by Gasteiger charge is 2.20. The minimum Gasteiger partial charge on any atom is -0.480 e. The summed E-state index contributed by atoms with van der Waals surface area (Å²) in [6.45, 7) is 1.74. The molecule has 0 aromatic heterocycles. The molecule has 0 radical (unpaired) electrons. The second-order valence-electron chi connectivity index (χ2n) is 8.01. The third kappa shape index (κ3) is 8.09. The van der Waals surface area contributed by atoms with Crippen LogP contribution >= 0.6 is 35.6 Å². The van der Waals surface area contributed by atoms with Crippen LogP contribution in [0.3, 0.4) is 0 Å². The third-order valence-electron chi connectivity index (χ3n) is 5.23. The largest absolute Gasteiger partial charge is 0.480 e. The first-order valence-corrected chi connectivity index (χ1v) is 12.9. The van der Waals surface area contributed by atoms with Crippen molar-refractivity contribution < 1.29 is 28.2 Å². The normalized spacial score (nSPS) is 12.9. The van der Waals surface area contributed by atoms with Gasteiger partial charge in [-0.15, -0.1) is 12.4 Å². The topological polar surface area (TPSA) is 113 Å². The van der Waals surface area contributed by atoms with E-state index >= 15 is 0 Å². The van der Waals surface area contributed by atoms with E-state index in [4.69, 9.17) is 33.0 Å². The molecule has 3 aromatic rings. The zero-order chi connectivity index (χ0) is 25.6. The zero-order valence-electron chi connectivity index (χ0n) is 19.2. The van der Waals surface area contributed by atoms with E-state index < -0.39 is 28.5 Å². The molecule has 0 unspecified atom stereocenters. The van der Waals surface area contributed by atoms with Crippen molar-refractivity contribution in [1.82, 2.24) is 5.32 Å². The van der Waals surface area contributed by atoms with E-state index in [0.717, 1.165) is 11.1 Å². The number of halogens is 3. The number of ether oxygens (including phenoxy) is 1. The number of rotatable bonds is 11. The van der Waals surface area contributed by atoms with E-state index in [0.29, 0.717) is 18.0 Å². The van der Waals surface area contributed by atoms with Crippen LogP contribution in [-0.4, -0.2) is 43.8 Å². The van der Waals surface area contributed by atoms with Gasteiger partial charge in [-0.3, -0.25) is 0 Å². The highest BCUT2D eigenvalue weighted by atomic mass is 35.5. The van der Waals surface area contributed by atoms with E-state index in [1.54, 1.807) is 30.3 Å². The number of hydrogen-bond acceptors (Lipinski definition) is 6. The van der Waals surface area contributed by atoms with Gasteiger partial charge >= 0.3 is 5.97 Å². The molecule has 0 heterocycles. The second-order valence-corrected chi connectivity index (χ2v) is 10.8. The van der Waals surface area contributed by atoms with Crippen LogP contribution in [0.5, 0.6) is 5.75 Å². The summed E-state index contributed by atoms with van der Waals surface area (Å²) in [5.74, 6) is -1.08. The van der Waals surface area contributed by atoms with Crippen molar-refractivity contribution in [2.45, 2.75) is 35.3 Å². The van der Waals surface area contributed by atoms with Gasteiger partial charge in [0.2, 0.25) is 9.84 Å². The molecule has 3 aromatic carbocycles. The molecule has 7 nitrogen and oxygen atoms in total. The molecule has 0 saturated carbocycles. The fourth-order valence-electron chi connectivity index (χ4n) is 3.42. The summed E-state index contributed by atoms with van der Waals surface area (Å²) in [5, 5.41) is 22.9. The van der Waals surface area contributed by atoms with Gasteiger partial charge in [-0.2, -0.15) is 0 Å². The van der Waals surface area contributed by atoms with E-state index in [-0.39, 0.29) is 39.0 Å². The molecule has 194 valence electrons. The van der Waals surface area contributed by atoms with Gasteiger partial charge in [0.25, 0.3) is 0 Å². The summed E-state index contributed by atoms with van der Waals surface area (Å²) in [6, 6.07) is 17.5. The van der Waals surface area contributed by atoms with E-state index in [1.165, 1.54) is 30.3 Å². The minimum atomic E-state index is -3.83. The molecule has 2 atom stereocenters. The number of aliphatic hydroxyl groups excluding tert-OH is 1. The van der Waals surface area contributed by atoms with Gasteiger partial charge in [0, 0.05) is 17.6 Å². The molecule has 0 bridgehead atoms. The molecular formula is C25H26Cl3NO6S. The number of nitrogens with one attached hydrogen (secondary N) is 1. The van der Waals surface area contributed by atoms with E-state index in [9.17, 15) is 18.3 Å². The van der Waals surface area contributed by atoms with Crippen LogP contribution < -0.4 is 10.1 Å². The highest BCUT2D eigenvalue weighted by molar-refractivity contribution is 7.91. The van der Waals surface area contributed by atoms with Gasteiger partial charge < -0.3 is 20.3 Å². The second kappa shape index (κ2) is 13.3. The van der Waals surface area contributed by atoms with Gasteiger partial charge in [-0.25, -0.2) is 13.2 Å². The number of aliphatic carboxylic acids is 1. The first-order chi connectivity index (χ1) is 16.6. The Bertz CT molecular complexity index is 1290. The molecule has 0 saturated heterocycles. The fourth-order valence-corrected chi connectivity index (χ4v) is 5.20. The Morgan fingerprint density at radius 1 is 1.03 bits per heavy atom. The average Bonchev–Trinajstić information content (AvgIpc) is 2.82. The number of hydrogen-bond donors (Lipinski definition) is 3. The molecule has 0 aliphatic carbocycles. The molecule has 0 fully saturated rings. The summed E-state index contributed by atoms with van der Waals surface area (Å²) >= 11 is 12.0. The number of carbonyl (C=O) groups is 1. The highest BCUT2D eigenvalue weighted by Crippen LogP contribution is 2.30. The number of sulfone groups is 1. The maximum Gasteiger partial charge on any atom is 0.341 e. The van der Waals surface area contributed by atoms with Gasteiger partial charge in [0.05, 0.1) is 20.9 Å². The smallest absolute Gasteiger partial charge is 0.341 e. The van der Waals surface area contributed by atoms with Crippen LogP contribution in [0.2, 0.25) is 10.0 Å². The monoisotopic (exact) mass is 573 g/mol. The van der Waals surface area contributed by atoms with Crippen LogP contribution in [-0.2, 0) is 21.1 Å². The molecule has 11 heteroatoms. The number of aliphatic hydroxyl groups is 1. The average molecular weight is 575 g/mol. The Morgan fingerprint density at radius 3 is 2.31 bits per heavy atom. The zero-order valence-corrected chi connectivity index (χ0v) is 22.4. The fraction of sp³-hybridized carbons (Fsp3) is 0.240. The van der Waals surface area contributed by atoms with Crippen molar-refractivity contribution >= 4 is 51.4 Å². The molecule has 0 amide bonds. The maximum atomic E-state index is 13.0. The lowest BCUT2D eigenvalue weighted by Gasteiger charge is -2.18. The van der Waals surface area contributed by atoms with Crippen molar-refractivity contribution in [3.05, 3.63) is 87.9 Å². The Labute approximate surface area is 226 Å². The van der Waals surface area contributed by atoms with Gasteiger partial charge in [0.1, 0.15) is 5.75 Å². The van der Waals surface area contributed by atoms with Gasteiger partial charge in [-0.05, 0) is 66.9 Å². The van der Waals surface area contributed by atoms with Crippen LogP contribution in [0.4, 0.5) is 0 Å². The Balaban J connectivity index is 0.00000456. The Morgan fingerprint density at radius 2 is 1.69 bits per heavy atom. The Kier molecular flexibility index (Phi) is 11.0. The first-order valence-electron chi connectivity index (χ1n) is 10.7. The van der Waals surface area contributed by atoms with Crippen molar-refractivity contribution in [3.63, 3.8) is 0 Å². The lowest BCUT2D eigenvalue weighted by atomic mass is 10.1. The van der Waals surface area contributed by atoms with E-state index in [1.807, 2.05) is 13.0 Å². The number of carboxylic acids is 1. The van der Waals surface area contributed by atoms with Crippen molar-refractivity contribution in [3.8, 4) is 5.75 Å². The molecule has 36 heavy (non-hydrogen) atoms. The lowest BCUT2D eigenvalue weighted by Crippen LogP contribution is -2.32. The number of benzene rings is 3.